The van der Waals surface area contributed by atoms with Crippen LogP contribution in [0.15, 0.2) is 35.1 Å². The van der Waals surface area contributed by atoms with Crippen LogP contribution in [0.5, 0.6) is 0 Å². The lowest BCUT2D eigenvalue weighted by molar-refractivity contribution is 0.509. The third kappa shape index (κ3) is 2.60. The number of aromatic nitrogens is 3. The van der Waals surface area contributed by atoms with Crippen LogP contribution in [0.1, 0.15) is 36.0 Å². The minimum Gasteiger partial charge on any atom is -0.361 e. The zero-order valence-electron chi connectivity index (χ0n) is 13.9. The standard InChI is InChI=1S/C18H20N4OS/c1-3-14-9-8-13-6-4-5-7-15(13)21(14)11-16-20-22-17(23)10-12(2)19-18(22)24-16/h4-7,10,14H,3,8-9,11H2,1-2H3. The van der Waals surface area contributed by atoms with Gasteiger partial charge >= 0.3 is 0 Å². The SMILES string of the molecule is CCC1CCc2ccccc2N1Cc1nn2c(=O)cc(C)nc2s1. The first-order valence-corrected chi connectivity index (χ1v) is 9.18. The van der Waals surface area contributed by atoms with E-state index in [1.54, 1.807) is 0 Å². The van der Waals surface area contributed by atoms with Crippen molar-refractivity contribution in [3.05, 3.63) is 57.0 Å². The Bertz CT molecular complexity index is 946. The van der Waals surface area contributed by atoms with Crippen LogP contribution in [0.25, 0.3) is 4.96 Å². The van der Waals surface area contributed by atoms with E-state index in [-0.39, 0.29) is 5.56 Å². The molecule has 1 aromatic carbocycles. The van der Waals surface area contributed by atoms with Gasteiger partial charge in [0.2, 0.25) is 4.96 Å². The molecular weight excluding hydrogens is 320 g/mol. The van der Waals surface area contributed by atoms with Crippen molar-refractivity contribution in [3.63, 3.8) is 0 Å². The van der Waals surface area contributed by atoms with Gasteiger partial charge in [-0.15, -0.1) is 0 Å². The molecule has 1 unspecified atom stereocenters. The van der Waals surface area contributed by atoms with Gasteiger partial charge in [0.05, 0.1) is 6.54 Å². The third-order valence-corrected chi connectivity index (χ3v) is 5.57. The van der Waals surface area contributed by atoms with Gasteiger partial charge in [0.15, 0.2) is 0 Å². The molecule has 0 spiro atoms. The highest BCUT2D eigenvalue weighted by atomic mass is 32.1. The molecule has 0 aliphatic carbocycles. The highest BCUT2D eigenvalue weighted by molar-refractivity contribution is 7.16. The molecule has 0 saturated heterocycles. The molecule has 124 valence electrons. The number of para-hydroxylation sites is 1. The van der Waals surface area contributed by atoms with Crippen molar-refractivity contribution < 1.29 is 0 Å². The van der Waals surface area contributed by atoms with Crippen molar-refractivity contribution in [2.45, 2.75) is 45.7 Å². The van der Waals surface area contributed by atoms with E-state index in [0.29, 0.717) is 11.0 Å². The number of hydrogen-bond acceptors (Lipinski definition) is 5. The van der Waals surface area contributed by atoms with E-state index in [2.05, 4.69) is 46.2 Å². The van der Waals surface area contributed by atoms with Crippen LogP contribution < -0.4 is 10.5 Å². The Kier molecular flexibility index (Phi) is 3.84. The fourth-order valence-electron chi connectivity index (χ4n) is 3.49. The second-order valence-electron chi connectivity index (χ2n) is 6.28. The minimum atomic E-state index is -0.105. The number of aryl methyl sites for hydroxylation is 2. The molecule has 0 fully saturated rings. The van der Waals surface area contributed by atoms with Crippen molar-refractivity contribution >= 4 is 22.0 Å². The van der Waals surface area contributed by atoms with Crippen LogP contribution in [0.4, 0.5) is 5.69 Å². The van der Waals surface area contributed by atoms with Gasteiger partial charge in [-0.05, 0) is 37.8 Å². The smallest absolute Gasteiger partial charge is 0.275 e. The maximum atomic E-state index is 12.1. The summed E-state index contributed by atoms with van der Waals surface area (Å²) in [6, 6.07) is 10.6. The lowest BCUT2D eigenvalue weighted by Crippen LogP contribution is -2.38. The van der Waals surface area contributed by atoms with E-state index in [1.807, 2.05) is 6.92 Å². The Hall–Kier alpha value is -2.21. The molecule has 0 radical (unpaired) electrons. The molecule has 3 aromatic rings. The summed E-state index contributed by atoms with van der Waals surface area (Å²) in [6.07, 6.45) is 3.40. The van der Waals surface area contributed by atoms with Crippen molar-refractivity contribution in [1.82, 2.24) is 14.6 Å². The van der Waals surface area contributed by atoms with Crippen molar-refractivity contribution in [2.24, 2.45) is 0 Å². The molecule has 3 heterocycles. The van der Waals surface area contributed by atoms with Crippen molar-refractivity contribution in [1.29, 1.82) is 0 Å². The second-order valence-corrected chi connectivity index (χ2v) is 7.32. The Morgan fingerprint density at radius 2 is 2.17 bits per heavy atom. The molecule has 6 heteroatoms. The predicted molar refractivity (Wildman–Crippen MR) is 96.9 cm³/mol. The lowest BCUT2D eigenvalue weighted by Gasteiger charge is -2.38. The van der Waals surface area contributed by atoms with Gasteiger partial charge < -0.3 is 4.90 Å². The summed E-state index contributed by atoms with van der Waals surface area (Å²) >= 11 is 1.51. The van der Waals surface area contributed by atoms with E-state index in [0.717, 1.165) is 36.5 Å². The molecule has 0 saturated carbocycles. The molecular formula is C18H20N4OS. The lowest BCUT2D eigenvalue weighted by atomic mass is 9.94. The zero-order valence-corrected chi connectivity index (χ0v) is 14.7. The summed E-state index contributed by atoms with van der Waals surface area (Å²) in [6.45, 7) is 4.80. The largest absolute Gasteiger partial charge is 0.361 e. The van der Waals surface area contributed by atoms with Crippen LogP contribution in [-0.4, -0.2) is 20.6 Å². The summed E-state index contributed by atoms with van der Waals surface area (Å²) in [5.41, 5.74) is 3.33. The molecule has 1 atom stereocenters. The number of anilines is 1. The number of benzene rings is 1. The van der Waals surface area contributed by atoms with Crippen molar-refractivity contribution in [3.8, 4) is 0 Å². The maximum Gasteiger partial charge on any atom is 0.275 e. The minimum absolute atomic E-state index is 0.105. The third-order valence-electron chi connectivity index (χ3n) is 4.68. The van der Waals surface area contributed by atoms with Crippen LogP contribution in [0.3, 0.4) is 0 Å². The highest BCUT2D eigenvalue weighted by Gasteiger charge is 2.26. The van der Waals surface area contributed by atoms with Gasteiger partial charge in [0, 0.05) is 23.5 Å². The topological polar surface area (TPSA) is 50.5 Å². The first kappa shape index (κ1) is 15.3. The van der Waals surface area contributed by atoms with E-state index < -0.39 is 0 Å². The van der Waals surface area contributed by atoms with Crippen LogP contribution in [0.2, 0.25) is 0 Å². The molecule has 1 aliphatic rings. The average Bonchev–Trinajstić information content (AvgIpc) is 2.98. The van der Waals surface area contributed by atoms with Gasteiger partial charge in [-0.1, -0.05) is 36.5 Å². The monoisotopic (exact) mass is 340 g/mol. The van der Waals surface area contributed by atoms with Crippen LogP contribution >= 0.6 is 11.3 Å². The number of hydrogen-bond donors (Lipinski definition) is 0. The first-order valence-electron chi connectivity index (χ1n) is 8.36. The zero-order chi connectivity index (χ0) is 16.7. The first-order chi connectivity index (χ1) is 11.7. The predicted octanol–water partition coefficient (Wildman–Crippen LogP) is 3.19. The number of rotatable bonds is 3. The molecule has 0 bridgehead atoms. The fraction of sp³-hybridized carbons (Fsp3) is 0.389. The summed E-state index contributed by atoms with van der Waals surface area (Å²) in [5.74, 6) is 0. The van der Waals surface area contributed by atoms with E-state index in [9.17, 15) is 4.79 Å². The molecule has 5 nitrogen and oxygen atoms in total. The molecule has 1 aliphatic heterocycles. The Balaban J connectivity index is 1.73. The highest BCUT2D eigenvalue weighted by Crippen LogP contribution is 2.33. The molecule has 2 aromatic heterocycles. The van der Waals surface area contributed by atoms with E-state index in [4.69, 9.17) is 0 Å². The Morgan fingerprint density at radius 3 is 3.00 bits per heavy atom. The average molecular weight is 340 g/mol. The Labute approximate surface area is 144 Å². The molecule has 0 N–H and O–H groups in total. The van der Waals surface area contributed by atoms with E-state index in [1.165, 1.54) is 33.2 Å². The van der Waals surface area contributed by atoms with Crippen LogP contribution in [-0.2, 0) is 13.0 Å². The number of fused-ring (bicyclic) bond motifs is 2. The fourth-order valence-corrected chi connectivity index (χ4v) is 4.43. The van der Waals surface area contributed by atoms with Gasteiger partial charge in [-0.25, -0.2) is 4.98 Å². The van der Waals surface area contributed by atoms with Crippen LogP contribution in [0, 0.1) is 6.92 Å². The second kappa shape index (κ2) is 6.02. The molecule has 24 heavy (non-hydrogen) atoms. The summed E-state index contributed by atoms with van der Waals surface area (Å²) < 4.78 is 1.42. The van der Waals surface area contributed by atoms with E-state index >= 15 is 0 Å². The Morgan fingerprint density at radius 1 is 1.33 bits per heavy atom. The van der Waals surface area contributed by atoms with Gasteiger partial charge in [-0.2, -0.15) is 9.61 Å². The normalized spacial score (nSPS) is 17.2. The van der Waals surface area contributed by atoms with Gasteiger partial charge in [0.25, 0.3) is 5.56 Å². The van der Waals surface area contributed by atoms with Gasteiger partial charge in [-0.3, -0.25) is 4.79 Å². The maximum absolute atomic E-state index is 12.1. The van der Waals surface area contributed by atoms with Crippen molar-refractivity contribution in [2.75, 3.05) is 4.90 Å². The summed E-state index contributed by atoms with van der Waals surface area (Å²) in [4.78, 5) is 19.6. The summed E-state index contributed by atoms with van der Waals surface area (Å²) in [7, 11) is 0. The molecule has 4 rings (SSSR count). The number of nitrogens with zero attached hydrogens (tertiary/aromatic N) is 4. The van der Waals surface area contributed by atoms with Gasteiger partial charge in [0.1, 0.15) is 5.01 Å². The molecule has 0 amide bonds. The summed E-state index contributed by atoms with van der Waals surface area (Å²) in [5, 5.41) is 5.44. The quantitative estimate of drug-likeness (QED) is 0.735.